The van der Waals surface area contributed by atoms with Crippen LogP contribution < -0.4 is 10.6 Å². The molecule has 6 aliphatic rings. The van der Waals surface area contributed by atoms with E-state index in [0.29, 0.717) is 41.2 Å². The van der Waals surface area contributed by atoms with Gasteiger partial charge in [0.25, 0.3) is 5.91 Å². The van der Waals surface area contributed by atoms with E-state index in [0.717, 1.165) is 50.6 Å². The van der Waals surface area contributed by atoms with Gasteiger partial charge < -0.3 is 15.7 Å². The molecule has 7 rings (SSSR count). The third-order valence-corrected chi connectivity index (χ3v) is 8.00. The van der Waals surface area contributed by atoms with E-state index in [-0.39, 0.29) is 11.9 Å². The predicted octanol–water partition coefficient (Wildman–Crippen LogP) is 2.99. The zero-order valence-corrected chi connectivity index (χ0v) is 16.4. The molecule has 1 amide bonds. The van der Waals surface area contributed by atoms with Crippen molar-refractivity contribution >= 4 is 11.9 Å². The molecule has 0 aromatic carbocycles. The van der Waals surface area contributed by atoms with E-state index in [1.165, 1.54) is 19.3 Å². The summed E-state index contributed by atoms with van der Waals surface area (Å²) < 4.78 is 0. The van der Waals surface area contributed by atoms with Gasteiger partial charge in [-0.2, -0.15) is 0 Å². The zero-order valence-electron chi connectivity index (χ0n) is 16.4. The number of amides is 1. The number of aromatic nitrogens is 2. The van der Waals surface area contributed by atoms with Crippen LogP contribution in [0.3, 0.4) is 0 Å². The van der Waals surface area contributed by atoms with E-state index < -0.39 is 5.60 Å². The molecule has 4 bridgehead atoms. The highest BCUT2D eigenvalue weighted by atomic mass is 16.3. The first-order valence-corrected chi connectivity index (χ1v) is 11.2. The molecule has 0 aliphatic heterocycles. The van der Waals surface area contributed by atoms with Crippen molar-refractivity contribution in [3.8, 4) is 0 Å². The van der Waals surface area contributed by atoms with E-state index in [2.05, 4.69) is 15.6 Å². The van der Waals surface area contributed by atoms with Gasteiger partial charge in [0.2, 0.25) is 5.95 Å². The first-order valence-electron chi connectivity index (χ1n) is 11.2. The fourth-order valence-corrected chi connectivity index (χ4v) is 6.49. The van der Waals surface area contributed by atoms with Crippen molar-refractivity contribution in [1.82, 2.24) is 15.3 Å². The molecule has 6 fully saturated rings. The van der Waals surface area contributed by atoms with Crippen LogP contribution in [-0.2, 0) is 0 Å². The minimum Gasteiger partial charge on any atom is -0.390 e. The summed E-state index contributed by atoms with van der Waals surface area (Å²) in [5, 5.41) is 17.5. The molecule has 1 heterocycles. The predicted molar refractivity (Wildman–Crippen MR) is 105 cm³/mol. The number of hydrogen-bond donors (Lipinski definition) is 3. The highest BCUT2D eigenvalue weighted by Crippen LogP contribution is 2.55. The van der Waals surface area contributed by atoms with Gasteiger partial charge in [-0.3, -0.25) is 4.79 Å². The number of hydrogen-bond acceptors (Lipinski definition) is 5. The molecule has 6 aliphatic carbocycles. The summed E-state index contributed by atoms with van der Waals surface area (Å²) in [6.07, 6.45) is 12.6. The number of carbonyl (C=O) groups is 1. The largest absolute Gasteiger partial charge is 0.390 e. The van der Waals surface area contributed by atoms with Crippen LogP contribution in [0.2, 0.25) is 0 Å². The molecule has 0 saturated heterocycles. The smallest absolute Gasteiger partial charge is 0.254 e. The zero-order chi connectivity index (χ0) is 18.9. The molecule has 0 radical (unpaired) electrons. The Morgan fingerprint density at radius 3 is 2.46 bits per heavy atom. The van der Waals surface area contributed by atoms with Crippen LogP contribution in [0, 0.1) is 17.8 Å². The first kappa shape index (κ1) is 17.2. The van der Waals surface area contributed by atoms with Gasteiger partial charge in [-0.05, 0) is 82.0 Å². The summed E-state index contributed by atoms with van der Waals surface area (Å²) in [6, 6.07) is 0.690. The van der Waals surface area contributed by atoms with Gasteiger partial charge in [-0.15, -0.1) is 0 Å². The average Bonchev–Trinajstić information content (AvgIpc) is 3.44. The molecular formula is C22H30N4O2. The van der Waals surface area contributed by atoms with E-state index in [1.807, 2.05) is 0 Å². The maximum atomic E-state index is 13.2. The van der Waals surface area contributed by atoms with Gasteiger partial charge >= 0.3 is 0 Å². The molecule has 3 N–H and O–H groups in total. The Labute approximate surface area is 165 Å². The topological polar surface area (TPSA) is 87.1 Å². The van der Waals surface area contributed by atoms with Gasteiger partial charge in [0.05, 0.1) is 16.9 Å². The summed E-state index contributed by atoms with van der Waals surface area (Å²) in [5.74, 6) is 2.57. The molecule has 150 valence electrons. The number of aliphatic hydroxyl groups is 1. The normalized spacial score (nSPS) is 38.9. The van der Waals surface area contributed by atoms with Crippen molar-refractivity contribution < 1.29 is 9.90 Å². The lowest BCUT2D eigenvalue weighted by molar-refractivity contribution is -0.136. The van der Waals surface area contributed by atoms with Gasteiger partial charge in [0.15, 0.2) is 0 Å². The molecule has 6 nitrogen and oxygen atoms in total. The van der Waals surface area contributed by atoms with Crippen molar-refractivity contribution in [1.29, 1.82) is 0 Å². The lowest BCUT2D eigenvalue weighted by Crippen LogP contribution is -2.61. The van der Waals surface area contributed by atoms with Crippen LogP contribution in [0.25, 0.3) is 0 Å². The summed E-state index contributed by atoms with van der Waals surface area (Å²) in [6.45, 7) is 0. The number of anilines is 1. The van der Waals surface area contributed by atoms with Crippen LogP contribution in [0.5, 0.6) is 0 Å². The molecule has 2 unspecified atom stereocenters. The Bertz CT molecular complexity index is 788. The monoisotopic (exact) mass is 382 g/mol. The molecule has 1 aromatic heterocycles. The third kappa shape index (κ3) is 2.92. The Morgan fingerprint density at radius 1 is 1.11 bits per heavy atom. The number of rotatable bonds is 5. The standard InChI is InChI=1S/C22H30N4O2/c27-20(25-18-14-6-12-7-15(18)10-22(28,8-12)9-14)17-11-23-21(24-16-2-1-3-16)26-19(17)13-4-5-13/h11-16,18,28H,1-10H2,(H,25,27)(H,23,24,26). The van der Waals surface area contributed by atoms with Crippen molar-refractivity contribution in [2.75, 3.05) is 5.32 Å². The summed E-state index contributed by atoms with van der Waals surface area (Å²) in [5.41, 5.74) is 1.13. The number of nitrogens with zero attached hydrogens (tertiary/aromatic N) is 2. The fourth-order valence-electron chi connectivity index (χ4n) is 6.49. The molecule has 28 heavy (non-hydrogen) atoms. The van der Waals surface area contributed by atoms with Gasteiger partial charge in [0, 0.05) is 24.2 Å². The Balaban J connectivity index is 1.21. The Hall–Kier alpha value is -1.69. The van der Waals surface area contributed by atoms with Crippen LogP contribution in [-0.4, -0.2) is 38.7 Å². The molecule has 6 heteroatoms. The van der Waals surface area contributed by atoms with Crippen molar-refractivity contribution in [3.05, 3.63) is 17.5 Å². The molecule has 6 saturated carbocycles. The lowest BCUT2D eigenvalue weighted by atomic mass is 9.52. The second kappa shape index (κ2) is 6.15. The second-order valence-corrected chi connectivity index (χ2v) is 10.2. The first-order chi connectivity index (χ1) is 13.6. The van der Waals surface area contributed by atoms with Gasteiger partial charge in [-0.1, -0.05) is 0 Å². The highest BCUT2D eigenvalue weighted by molar-refractivity contribution is 5.95. The van der Waals surface area contributed by atoms with Crippen LogP contribution in [0.4, 0.5) is 5.95 Å². The SMILES string of the molecule is O=C(NC1C2CC3CC1CC(O)(C3)C2)c1cnc(NC2CCC2)nc1C1CC1. The average molecular weight is 383 g/mol. The van der Waals surface area contributed by atoms with Crippen LogP contribution in [0.1, 0.15) is 86.2 Å². The summed E-state index contributed by atoms with van der Waals surface area (Å²) in [4.78, 5) is 22.4. The minimum absolute atomic E-state index is 0.0124. The van der Waals surface area contributed by atoms with Crippen molar-refractivity contribution in [3.63, 3.8) is 0 Å². The molecule has 0 spiro atoms. The second-order valence-electron chi connectivity index (χ2n) is 10.2. The van der Waals surface area contributed by atoms with Crippen molar-refractivity contribution in [2.45, 2.75) is 87.8 Å². The molecule has 2 atom stereocenters. The highest BCUT2D eigenvalue weighted by Gasteiger charge is 2.55. The van der Waals surface area contributed by atoms with E-state index in [1.54, 1.807) is 6.20 Å². The molecular weight excluding hydrogens is 352 g/mol. The summed E-state index contributed by atoms with van der Waals surface area (Å²) >= 11 is 0. The fraction of sp³-hybridized carbons (Fsp3) is 0.773. The number of carbonyl (C=O) groups excluding carboxylic acids is 1. The van der Waals surface area contributed by atoms with Crippen LogP contribution in [0.15, 0.2) is 6.20 Å². The molecule has 1 aromatic rings. The van der Waals surface area contributed by atoms with E-state index in [4.69, 9.17) is 4.98 Å². The number of nitrogens with one attached hydrogen (secondary N) is 2. The third-order valence-electron chi connectivity index (χ3n) is 8.00. The lowest BCUT2D eigenvalue weighted by Gasteiger charge is -2.58. The van der Waals surface area contributed by atoms with E-state index in [9.17, 15) is 9.90 Å². The Morgan fingerprint density at radius 2 is 1.86 bits per heavy atom. The maximum Gasteiger partial charge on any atom is 0.254 e. The summed E-state index contributed by atoms with van der Waals surface area (Å²) in [7, 11) is 0. The maximum absolute atomic E-state index is 13.2. The van der Waals surface area contributed by atoms with Crippen molar-refractivity contribution in [2.24, 2.45) is 17.8 Å². The Kier molecular flexibility index (Phi) is 3.78. The minimum atomic E-state index is -0.463. The van der Waals surface area contributed by atoms with E-state index >= 15 is 0 Å². The van der Waals surface area contributed by atoms with Gasteiger partial charge in [-0.25, -0.2) is 9.97 Å². The van der Waals surface area contributed by atoms with Gasteiger partial charge in [0.1, 0.15) is 0 Å². The van der Waals surface area contributed by atoms with Crippen LogP contribution >= 0.6 is 0 Å². The quantitative estimate of drug-likeness (QED) is 0.729.